The number of aliphatic hydroxyl groups is 1. The van der Waals surface area contributed by atoms with E-state index in [0.29, 0.717) is 8.81 Å². The highest BCUT2D eigenvalue weighted by molar-refractivity contribution is 9.11. The molecule has 4 nitrogen and oxygen atoms in total. The van der Waals surface area contributed by atoms with Gasteiger partial charge in [0.05, 0.1) is 15.4 Å². The van der Waals surface area contributed by atoms with E-state index in [0.717, 1.165) is 15.6 Å². The Morgan fingerprint density at radius 2 is 2.29 bits per heavy atom. The minimum absolute atomic E-state index is 0.0293. The van der Waals surface area contributed by atoms with Crippen LogP contribution in [0.25, 0.3) is 0 Å². The first-order chi connectivity index (χ1) is 7.93. The first-order valence-electron chi connectivity index (χ1n) is 4.60. The summed E-state index contributed by atoms with van der Waals surface area (Å²) < 4.78 is 26.2. The molecule has 8 heteroatoms. The van der Waals surface area contributed by atoms with Crippen molar-refractivity contribution in [2.75, 3.05) is 19.7 Å². The molecule has 1 heterocycles. The van der Waals surface area contributed by atoms with E-state index in [-0.39, 0.29) is 23.9 Å². The quantitative estimate of drug-likeness (QED) is 0.792. The third-order valence-electron chi connectivity index (χ3n) is 1.90. The largest absolute Gasteiger partial charge is 0.395 e. The molecular weight excluding hydrogens is 350 g/mol. The van der Waals surface area contributed by atoms with Crippen LogP contribution in [0.5, 0.6) is 0 Å². The summed E-state index contributed by atoms with van der Waals surface area (Å²) in [7, 11) is -3.62. The molecule has 17 heavy (non-hydrogen) atoms. The molecule has 0 fully saturated rings. The van der Waals surface area contributed by atoms with Gasteiger partial charge in [0.2, 0.25) is 0 Å². The summed E-state index contributed by atoms with van der Waals surface area (Å²) in [5.41, 5.74) is 0. The van der Waals surface area contributed by atoms with E-state index in [4.69, 9.17) is 16.7 Å². The summed E-state index contributed by atoms with van der Waals surface area (Å²) in [5.74, 6) is 0. The van der Waals surface area contributed by atoms with Crippen LogP contribution in [0.1, 0.15) is 0 Å². The van der Waals surface area contributed by atoms with Gasteiger partial charge in [-0.25, -0.2) is 8.42 Å². The number of hydrogen-bond donors (Lipinski definition) is 1. The third kappa shape index (κ3) is 3.52. The molecule has 0 amide bonds. The minimum Gasteiger partial charge on any atom is -0.395 e. The van der Waals surface area contributed by atoms with Crippen molar-refractivity contribution in [2.45, 2.75) is 4.21 Å². The summed E-state index contributed by atoms with van der Waals surface area (Å²) in [6.45, 7) is 3.43. The molecule has 0 unspecified atom stereocenters. The van der Waals surface area contributed by atoms with Crippen LogP contribution >= 0.6 is 38.9 Å². The SMILES string of the molecule is C=CCN(CCO)S(=O)(=O)c1cc(Cl)c(Br)s1. The zero-order chi connectivity index (χ0) is 13.1. The Bertz CT molecular complexity index is 481. The molecule has 0 aliphatic heterocycles. The standard InChI is InChI=1S/C9H11BrClNO3S2/c1-2-3-12(4-5-13)17(14,15)8-6-7(11)9(10)16-8/h2,6,13H,1,3-5H2. The summed E-state index contributed by atoms with van der Waals surface area (Å²) in [4.78, 5) is 0. The van der Waals surface area contributed by atoms with Crippen LogP contribution in [-0.4, -0.2) is 37.5 Å². The number of hydrogen-bond acceptors (Lipinski definition) is 4. The number of thiophene rings is 1. The van der Waals surface area contributed by atoms with Crippen LogP contribution in [0.3, 0.4) is 0 Å². The lowest BCUT2D eigenvalue weighted by molar-refractivity contribution is 0.260. The smallest absolute Gasteiger partial charge is 0.253 e. The summed E-state index contributed by atoms with van der Waals surface area (Å²) in [6, 6.07) is 1.39. The first-order valence-corrected chi connectivity index (χ1v) is 8.03. The maximum atomic E-state index is 12.2. The van der Waals surface area contributed by atoms with Crippen molar-refractivity contribution in [2.24, 2.45) is 0 Å². The van der Waals surface area contributed by atoms with E-state index < -0.39 is 10.0 Å². The second-order valence-electron chi connectivity index (χ2n) is 3.06. The molecule has 1 rings (SSSR count). The lowest BCUT2D eigenvalue weighted by Gasteiger charge is -2.18. The molecule has 96 valence electrons. The molecular formula is C9H11BrClNO3S2. The molecule has 1 aromatic heterocycles. The molecule has 1 N–H and O–H groups in total. The van der Waals surface area contributed by atoms with Gasteiger partial charge in [-0.3, -0.25) is 0 Å². The molecule has 0 saturated carbocycles. The van der Waals surface area contributed by atoms with E-state index in [9.17, 15) is 8.42 Å². The monoisotopic (exact) mass is 359 g/mol. The maximum Gasteiger partial charge on any atom is 0.253 e. The average Bonchev–Trinajstić information content (AvgIpc) is 2.59. The van der Waals surface area contributed by atoms with Crippen molar-refractivity contribution in [3.8, 4) is 0 Å². The Labute approximate surface area is 118 Å². The fourth-order valence-corrected chi connectivity index (χ4v) is 5.10. The van der Waals surface area contributed by atoms with E-state index in [1.54, 1.807) is 0 Å². The second kappa shape index (κ2) is 6.31. The van der Waals surface area contributed by atoms with Gasteiger partial charge in [0.1, 0.15) is 4.21 Å². The van der Waals surface area contributed by atoms with Gasteiger partial charge >= 0.3 is 0 Å². The van der Waals surface area contributed by atoms with Crippen molar-refractivity contribution in [3.63, 3.8) is 0 Å². The van der Waals surface area contributed by atoms with Gasteiger partial charge in [0.15, 0.2) is 0 Å². The minimum atomic E-state index is -3.62. The van der Waals surface area contributed by atoms with Crippen LogP contribution in [0.2, 0.25) is 5.02 Å². The Kier molecular flexibility index (Phi) is 5.62. The van der Waals surface area contributed by atoms with Gasteiger partial charge in [-0.15, -0.1) is 17.9 Å². The van der Waals surface area contributed by atoms with Crippen LogP contribution in [-0.2, 0) is 10.0 Å². The van der Waals surface area contributed by atoms with Crippen molar-refractivity contribution >= 4 is 48.9 Å². The van der Waals surface area contributed by atoms with Crippen molar-refractivity contribution in [1.29, 1.82) is 0 Å². The zero-order valence-electron chi connectivity index (χ0n) is 8.77. The van der Waals surface area contributed by atoms with E-state index in [2.05, 4.69) is 22.5 Å². The average molecular weight is 361 g/mol. The summed E-state index contributed by atoms with van der Waals surface area (Å²) in [6.07, 6.45) is 1.47. The van der Waals surface area contributed by atoms with Gasteiger partial charge in [0.25, 0.3) is 10.0 Å². The molecule has 1 aromatic rings. The van der Waals surface area contributed by atoms with Gasteiger partial charge in [-0.05, 0) is 22.0 Å². The molecule has 0 aromatic carbocycles. The molecule has 0 radical (unpaired) electrons. The third-order valence-corrected chi connectivity index (χ3v) is 6.69. The molecule has 0 saturated heterocycles. The zero-order valence-corrected chi connectivity index (χ0v) is 12.7. The number of sulfonamides is 1. The normalized spacial score (nSPS) is 12.0. The fraction of sp³-hybridized carbons (Fsp3) is 0.333. The molecule has 0 aliphatic rings. The number of nitrogens with zero attached hydrogens (tertiary/aromatic N) is 1. The highest BCUT2D eigenvalue weighted by Crippen LogP contribution is 2.35. The Morgan fingerprint density at radius 3 is 2.71 bits per heavy atom. The number of aliphatic hydroxyl groups excluding tert-OH is 1. The molecule has 0 aliphatic carbocycles. The maximum absolute atomic E-state index is 12.2. The highest BCUT2D eigenvalue weighted by Gasteiger charge is 2.25. The Morgan fingerprint density at radius 1 is 1.65 bits per heavy atom. The van der Waals surface area contributed by atoms with Crippen molar-refractivity contribution in [1.82, 2.24) is 4.31 Å². The first kappa shape index (κ1) is 15.1. The van der Waals surface area contributed by atoms with Gasteiger partial charge < -0.3 is 5.11 Å². The van der Waals surface area contributed by atoms with Gasteiger partial charge in [-0.2, -0.15) is 4.31 Å². The van der Waals surface area contributed by atoms with E-state index >= 15 is 0 Å². The molecule has 0 spiro atoms. The Hall–Kier alpha value is 0.0800. The van der Waals surface area contributed by atoms with Crippen molar-refractivity contribution < 1.29 is 13.5 Å². The van der Waals surface area contributed by atoms with E-state index in [1.165, 1.54) is 12.1 Å². The Balaban J connectivity index is 3.10. The topological polar surface area (TPSA) is 57.6 Å². The van der Waals surface area contributed by atoms with Crippen LogP contribution < -0.4 is 0 Å². The summed E-state index contributed by atoms with van der Waals surface area (Å²) in [5, 5.41) is 9.22. The second-order valence-corrected chi connectivity index (χ2v) is 8.00. The lowest BCUT2D eigenvalue weighted by Crippen LogP contribution is -2.33. The molecule has 0 atom stereocenters. The van der Waals surface area contributed by atoms with Crippen molar-refractivity contribution in [3.05, 3.63) is 27.5 Å². The predicted molar refractivity (Wildman–Crippen MR) is 73.1 cm³/mol. The van der Waals surface area contributed by atoms with Gasteiger partial charge in [-0.1, -0.05) is 17.7 Å². The lowest BCUT2D eigenvalue weighted by atomic mass is 10.6. The van der Waals surface area contributed by atoms with Gasteiger partial charge in [0, 0.05) is 13.1 Å². The van der Waals surface area contributed by atoms with Crippen LogP contribution in [0.4, 0.5) is 0 Å². The predicted octanol–water partition coefficient (Wildman–Crippen LogP) is 2.33. The highest BCUT2D eigenvalue weighted by atomic mass is 79.9. The van der Waals surface area contributed by atoms with Crippen LogP contribution in [0.15, 0.2) is 26.7 Å². The van der Waals surface area contributed by atoms with Crippen LogP contribution in [0, 0.1) is 0 Å². The summed E-state index contributed by atoms with van der Waals surface area (Å²) >= 11 is 10.0. The fourth-order valence-electron chi connectivity index (χ4n) is 1.15. The van der Waals surface area contributed by atoms with E-state index in [1.807, 2.05) is 0 Å². The molecule has 0 bridgehead atoms. The number of halogens is 2. The number of rotatable bonds is 6.